The first kappa shape index (κ1) is 22.4. The molecule has 1 amide bonds. The number of ether oxygens (including phenoxy) is 1. The van der Waals surface area contributed by atoms with Crippen molar-refractivity contribution < 1.29 is 9.53 Å². The first-order valence-electron chi connectivity index (χ1n) is 10.4. The molecule has 1 aromatic rings. The lowest BCUT2D eigenvalue weighted by atomic mass is 9.68. The van der Waals surface area contributed by atoms with Crippen LogP contribution in [0.25, 0.3) is 0 Å². The summed E-state index contributed by atoms with van der Waals surface area (Å²) in [7, 11) is 1.57. The first-order chi connectivity index (χ1) is 13.4. The Balaban J connectivity index is 1.93. The number of rotatable bonds is 8. The zero-order valence-corrected chi connectivity index (χ0v) is 18.1. The van der Waals surface area contributed by atoms with Crippen LogP contribution in [0, 0.1) is 24.2 Å². The second kappa shape index (κ2) is 10.0. The maximum absolute atomic E-state index is 12.2. The van der Waals surface area contributed by atoms with Crippen molar-refractivity contribution in [3.63, 3.8) is 0 Å². The maximum atomic E-state index is 12.2. The lowest BCUT2D eigenvalue weighted by Gasteiger charge is -2.37. The Morgan fingerprint density at radius 2 is 1.86 bits per heavy atom. The van der Waals surface area contributed by atoms with Crippen molar-refractivity contribution in [2.75, 3.05) is 39.8 Å². The molecule has 0 aliphatic carbocycles. The molecule has 1 aliphatic heterocycles. The molecular formula is C23H35N3O2. The van der Waals surface area contributed by atoms with Gasteiger partial charge in [0.2, 0.25) is 0 Å². The number of carbonyl (C=O) groups is 1. The van der Waals surface area contributed by atoms with Crippen LogP contribution in [0.1, 0.15) is 44.7 Å². The van der Waals surface area contributed by atoms with Gasteiger partial charge in [0.15, 0.2) is 0 Å². The van der Waals surface area contributed by atoms with Crippen molar-refractivity contribution >= 4 is 5.91 Å². The Hall–Kier alpha value is -1.90. The van der Waals surface area contributed by atoms with Crippen LogP contribution in [0.3, 0.4) is 0 Å². The van der Waals surface area contributed by atoms with E-state index in [0.717, 1.165) is 51.1 Å². The van der Waals surface area contributed by atoms with Crippen molar-refractivity contribution in [3.05, 3.63) is 35.4 Å². The normalized spacial score (nSPS) is 18.5. The van der Waals surface area contributed by atoms with Gasteiger partial charge in [-0.2, -0.15) is 5.26 Å². The van der Waals surface area contributed by atoms with Gasteiger partial charge in [-0.1, -0.05) is 38.1 Å². The summed E-state index contributed by atoms with van der Waals surface area (Å²) in [5.41, 5.74) is 1.91. The zero-order chi connectivity index (χ0) is 20.7. The van der Waals surface area contributed by atoms with Crippen LogP contribution in [-0.2, 0) is 14.9 Å². The van der Waals surface area contributed by atoms with Gasteiger partial charge in [0.1, 0.15) is 6.10 Å². The number of benzene rings is 1. The van der Waals surface area contributed by atoms with Crippen LogP contribution in [0.15, 0.2) is 24.3 Å². The summed E-state index contributed by atoms with van der Waals surface area (Å²) < 4.78 is 5.15. The van der Waals surface area contributed by atoms with Gasteiger partial charge < -0.3 is 9.64 Å². The Bertz CT molecular complexity index is 689. The summed E-state index contributed by atoms with van der Waals surface area (Å²) in [5, 5.41) is 10.1. The molecule has 1 aromatic carbocycles. The molecule has 2 rings (SSSR count). The zero-order valence-electron chi connectivity index (χ0n) is 18.1. The van der Waals surface area contributed by atoms with E-state index in [-0.39, 0.29) is 17.9 Å². The van der Waals surface area contributed by atoms with E-state index in [1.165, 1.54) is 5.56 Å². The van der Waals surface area contributed by atoms with E-state index in [0.29, 0.717) is 0 Å². The smallest absolute Gasteiger partial charge is 0.251 e. The number of carbonyl (C=O) groups excluding carboxylic acids is 1. The van der Waals surface area contributed by atoms with E-state index in [2.05, 4.69) is 43.9 Å². The number of nitrogens with zero attached hydrogens (tertiary/aromatic N) is 3. The third-order valence-electron chi connectivity index (χ3n) is 6.24. The fourth-order valence-electron chi connectivity index (χ4n) is 4.18. The lowest BCUT2D eigenvalue weighted by molar-refractivity contribution is -0.142. The molecule has 0 unspecified atom stereocenters. The van der Waals surface area contributed by atoms with Crippen LogP contribution < -0.4 is 0 Å². The molecule has 1 heterocycles. The minimum absolute atomic E-state index is 0.0741. The van der Waals surface area contributed by atoms with Gasteiger partial charge in [-0.25, -0.2) is 0 Å². The van der Waals surface area contributed by atoms with E-state index in [9.17, 15) is 10.1 Å². The van der Waals surface area contributed by atoms with Gasteiger partial charge in [0.25, 0.3) is 5.91 Å². The Labute approximate surface area is 170 Å². The first-order valence-corrected chi connectivity index (χ1v) is 10.4. The van der Waals surface area contributed by atoms with Gasteiger partial charge >= 0.3 is 0 Å². The second-order valence-corrected chi connectivity index (χ2v) is 8.20. The van der Waals surface area contributed by atoms with Gasteiger partial charge in [0, 0.05) is 33.3 Å². The molecular weight excluding hydrogens is 350 g/mol. The molecule has 1 fully saturated rings. The van der Waals surface area contributed by atoms with Crippen LogP contribution in [0.4, 0.5) is 0 Å². The van der Waals surface area contributed by atoms with Gasteiger partial charge in [-0.3, -0.25) is 9.69 Å². The predicted octanol–water partition coefficient (Wildman–Crippen LogP) is 3.37. The van der Waals surface area contributed by atoms with Crippen molar-refractivity contribution in [1.82, 2.24) is 9.80 Å². The summed E-state index contributed by atoms with van der Waals surface area (Å²) in [6.07, 6.45) is 1.46. The van der Waals surface area contributed by atoms with Crippen LogP contribution in [0.5, 0.6) is 0 Å². The van der Waals surface area contributed by atoms with Gasteiger partial charge in [-0.15, -0.1) is 0 Å². The summed E-state index contributed by atoms with van der Waals surface area (Å²) in [4.78, 5) is 16.5. The molecule has 0 bridgehead atoms. The Morgan fingerprint density at radius 3 is 2.39 bits per heavy atom. The minimum Gasteiger partial charge on any atom is -0.372 e. The average molecular weight is 386 g/mol. The highest BCUT2D eigenvalue weighted by Gasteiger charge is 2.36. The van der Waals surface area contributed by atoms with Crippen LogP contribution in [0.2, 0.25) is 0 Å². The molecule has 0 spiro atoms. The quantitative estimate of drug-likeness (QED) is 0.688. The molecule has 2 atom stereocenters. The van der Waals surface area contributed by atoms with Crippen molar-refractivity contribution in [1.29, 1.82) is 5.26 Å². The molecule has 5 heteroatoms. The van der Waals surface area contributed by atoms with Gasteiger partial charge in [0.05, 0.1) is 11.5 Å². The average Bonchev–Trinajstić information content (AvgIpc) is 2.71. The number of nitriles is 1. The standard InChI is InChI=1S/C23H35N3O2/c1-18(2)23(17-24,21-10-7-6-9-19(21)3)11-8-12-25-13-15-26(16-14-25)22(27)20(4)28-5/h6-7,9-10,18,20H,8,11-16H2,1-5H3/t20-,23+/m0/s1. The van der Waals surface area contributed by atoms with Crippen LogP contribution >= 0.6 is 0 Å². The van der Waals surface area contributed by atoms with Crippen molar-refractivity contribution in [2.45, 2.75) is 52.1 Å². The molecule has 0 radical (unpaired) electrons. The summed E-state index contributed by atoms with van der Waals surface area (Å²) >= 11 is 0. The highest BCUT2D eigenvalue weighted by atomic mass is 16.5. The van der Waals surface area contributed by atoms with Gasteiger partial charge in [-0.05, 0) is 50.3 Å². The maximum Gasteiger partial charge on any atom is 0.251 e. The fourth-order valence-corrected chi connectivity index (χ4v) is 4.18. The fraction of sp³-hybridized carbons (Fsp3) is 0.652. The summed E-state index contributed by atoms with van der Waals surface area (Å²) in [6, 6.07) is 10.9. The molecule has 0 saturated carbocycles. The van der Waals surface area contributed by atoms with Crippen molar-refractivity contribution in [3.8, 4) is 6.07 Å². The number of methoxy groups -OCH3 is 1. The van der Waals surface area contributed by atoms with E-state index in [1.54, 1.807) is 14.0 Å². The number of hydrogen-bond donors (Lipinski definition) is 0. The minimum atomic E-state index is -0.447. The van der Waals surface area contributed by atoms with E-state index >= 15 is 0 Å². The molecule has 5 nitrogen and oxygen atoms in total. The summed E-state index contributed by atoms with van der Waals surface area (Å²) in [5.74, 6) is 0.327. The SMILES string of the molecule is CO[C@@H](C)C(=O)N1CCN(CCC[C@](C#N)(c2ccccc2C)C(C)C)CC1. The van der Waals surface area contributed by atoms with Crippen molar-refractivity contribution in [2.24, 2.45) is 5.92 Å². The lowest BCUT2D eigenvalue weighted by Crippen LogP contribution is -2.51. The van der Waals surface area contributed by atoms with E-state index in [1.807, 2.05) is 17.0 Å². The molecule has 0 aromatic heterocycles. The number of amides is 1. The molecule has 154 valence electrons. The highest BCUT2D eigenvalue weighted by molar-refractivity contribution is 5.80. The van der Waals surface area contributed by atoms with E-state index in [4.69, 9.17) is 4.74 Å². The Morgan fingerprint density at radius 1 is 1.21 bits per heavy atom. The van der Waals surface area contributed by atoms with E-state index < -0.39 is 5.41 Å². The monoisotopic (exact) mass is 385 g/mol. The third-order valence-corrected chi connectivity index (χ3v) is 6.24. The largest absolute Gasteiger partial charge is 0.372 e. The van der Waals surface area contributed by atoms with Crippen LogP contribution in [-0.4, -0.2) is 61.6 Å². The second-order valence-electron chi connectivity index (χ2n) is 8.20. The number of piperazine rings is 1. The summed E-state index contributed by atoms with van der Waals surface area (Å²) in [6.45, 7) is 12.4. The topological polar surface area (TPSA) is 56.6 Å². The molecule has 0 N–H and O–H groups in total. The predicted molar refractivity (Wildman–Crippen MR) is 112 cm³/mol. The highest BCUT2D eigenvalue weighted by Crippen LogP contribution is 2.38. The third kappa shape index (κ3) is 4.92. The molecule has 28 heavy (non-hydrogen) atoms. The number of hydrogen-bond acceptors (Lipinski definition) is 4. The molecule has 1 saturated heterocycles. The Kier molecular flexibility index (Phi) is 8.03. The number of aryl methyl sites for hydroxylation is 1. The molecule has 1 aliphatic rings.